The molecule has 0 atom stereocenters. The number of hydrogen-bond acceptors (Lipinski definition) is 16. The van der Waals surface area contributed by atoms with E-state index in [1.54, 1.807) is 27.9 Å². The van der Waals surface area contributed by atoms with Crippen LogP contribution < -0.4 is 30.0 Å². The number of fused-ring (bicyclic) bond motifs is 2. The number of aryl methyl sites for hydroxylation is 4. The van der Waals surface area contributed by atoms with Gasteiger partial charge in [0.05, 0.1) is 57.9 Å². The first-order valence-electron chi connectivity index (χ1n) is 21.5. The summed E-state index contributed by atoms with van der Waals surface area (Å²) in [6, 6.07) is 14.3. The van der Waals surface area contributed by atoms with E-state index in [2.05, 4.69) is 49.8 Å². The Balaban J connectivity index is 0.960. The molecule has 4 N–H and O–H groups in total. The summed E-state index contributed by atoms with van der Waals surface area (Å²) in [5.41, 5.74) is 2.97. The largest absolute Gasteiger partial charge is 0.493 e. The molecule has 2 aromatic carbocycles. The van der Waals surface area contributed by atoms with Crippen LogP contribution in [0.4, 0.5) is 23.0 Å². The van der Waals surface area contributed by atoms with Gasteiger partial charge < -0.3 is 19.4 Å². The number of sulfonamides is 2. The number of ether oxygens (including phenoxy) is 2. The number of azo groups is 1. The summed E-state index contributed by atoms with van der Waals surface area (Å²) >= 11 is 0. The number of aromatic amines is 2. The molecule has 0 fully saturated rings. The maximum absolute atomic E-state index is 13.6. The molecule has 0 aliphatic rings. The molecule has 0 amide bonds. The lowest BCUT2D eigenvalue weighted by Gasteiger charge is -2.13. The van der Waals surface area contributed by atoms with Gasteiger partial charge in [0.25, 0.3) is 31.2 Å². The molecule has 0 unspecified atom stereocenters. The number of hydrogen-bond donors (Lipinski definition) is 4. The fraction of sp³-hybridized carbons (Fsp3) is 0.273. The Labute approximate surface area is 389 Å². The van der Waals surface area contributed by atoms with Gasteiger partial charge in [0, 0.05) is 14.1 Å². The van der Waals surface area contributed by atoms with Gasteiger partial charge in [-0.2, -0.15) is 10.2 Å². The lowest BCUT2D eigenvalue weighted by molar-refractivity contribution is 0.341. The maximum Gasteiger partial charge on any atom is 0.277 e. The summed E-state index contributed by atoms with van der Waals surface area (Å²) < 4.78 is 74.0. The smallest absolute Gasteiger partial charge is 0.277 e. The molecule has 8 rings (SSSR count). The lowest BCUT2D eigenvalue weighted by atomic mass is 10.1. The molecule has 22 nitrogen and oxygen atoms in total. The van der Waals surface area contributed by atoms with Gasteiger partial charge in [-0.25, -0.2) is 36.8 Å². The zero-order valence-corrected chi connectivity index (χ0v) is 39.4. The minimum atomic E-state index is -4.21. The first-order valence-corrected chi connectivity index (χ1v) is 24.4. The van der Waals surface area contributed by atoms with Gasteiger partial charge in [-0.3, -0.25) is 28.4 Å². The van der Waals surface area contributed by atoms with E-state index in [1.807, 2.05) is 13.8 Å². The highest BCUT2D eigenvalue weighted by Crippen LogP contribution is 2.34. The standard InChI is InChI=1S/C44H46N14O8S2/c1-7-11-31-37-39(57(5)53-31)43(59)49-41(47-37)29-21-27(15-17-33(29)65-9-3)67(61,62)55-35-19-13-25(23-45-35)51-52-26-14-20-36(46-24-26)56-68(63,64)28-16-18-34(66-10-4)30(22-28)42-48-38-32(12-8-2)54-58(6)40(38)44(60)50-42/h13-24H,7-12H2,1-6H3,(H,45,55)(H,46,56)(H,47,49,59)(H,48,50,60). The van der Waals surface area contributed by atoms with E-state index < -0.39 is 31.2 Å². The van der Waals surface area contributed by atoms with E-state index in [4.69, 9.17) is 19.4 Å². The fourth-order valence-corrected chi connectivity index (χ4v) is 9.43. The van der Waals surface area contributed by atoms with Crippen molar-refractivity contribution in [1.82, 2.24) is 49.5 Å². The van der Waals surface area contributed by atoms with Crippen LogP contribution in [0.25, 0.3) is 44.8 Å². The molecule has 6 heterocycles. The first-order chi connectivity index (χ1) is 32.6. The Hall–Kier alpha value is -7.86. The summed E-state index contributed by atoms with van der Waals surface area (Å²) in [4.78, 5) is 49.4. The number of nitrogens with one attached hydrogen (secondary N) is 4. The Morgan fingerprint density at radius 2 is 1.01 bits per heavy atom. The van der Waals surface area contributed by atoms with Crippen LogP contribution in [0.5, 0.6) is 11.5 Å². The van der Waals surface area contributed by atoms with E-state index in [1.165, 1.54) is 82.4 Å². The van der Waals surface area contributed by atoms with Gasteiger partial charge in [0.2, 0.25) is 0 Å². The molecule has 6 aromatic heterocycles. The van der Waals surface area contributed by atoms with Crippen LogP contribution in [0, 0.1) is 0 Å². The van der Waals surface area contributed by atoms with Crippen LogP contribution in [0.15, 0.2) is 103 Å². The Morgan fingerprint density at radius 1 is 0.603 bits per heavy atom. The molecule has 0 radical (unpaired) electrons. The number of H-pyrrole nitrogens is 2. The van der Waals surface area contributed by atoms with Crippen LogP contribution in [-0.4, -0.2) is 79.5 Å². The Bertz CT molecular complexity index is 3330. The SMILES string of the molecule is CCCc1nn(C)c2c(=O)[nH]c(-c3cc(S(=O)(=O)Nc4ccc(N=Nc5ccc(NS(=O)(=O)c6ccc(OCC)c(-c7nc8c(CCC)nn(C)c8c(=O)[nH]7)c6)nc5)cn4)ccc3OCC)nc12. The molecule has 0 aliphatic heterocycles. The molecule has 0 saturated heterocycles. The average molecular weight is 963 g/mol. The number of nitrogens with zero attached hydrogens (tertiary/aromatic N) is 10. The summed E-state index contributed by atoms with van der Waals surface area (Å²) in [6.45, 7) is 8.10. The van der Waals surface area contributed by atoms with Crippen molar-refractivity contribution in [2.45, 2.75) is 63.2 Å². The van der Waals surface area contributed by atoms with Crippen molar-refractivity contribution < 1.29 is 26.3 Å². The molecule has 0 spiro atoms. The minimum Gasteiger partial charge on any atom is -0.493 e. The summed E-state index contributed by atoms with van der Waals surface area (Å²) in [5.74, 6) is 0.875. The van der Waals surface area contributed by atoms with Crippen molar-refractivity contribution in [2.24, 2.45) is 24.3 Å². The van der Waals surface area contributed by atoms with E-state index in [9.17, 15) is 26.4 Å². The van der Waals surface area contributed by atoms with Crippen LogP contribution in [0.1, 0.15) is 51.9 Å². The van der Waals surface area contributed by atoms with Crippen LogP contribution in [0.3, 0.4) is 0 Å². The van der Waals surface area contributed by atoms with E-state index in [0.717, 1.165) is 12.8 Å². The zero-order valence-electron chi connectivity index (χ0n) is 37.7. The second-order valence-corrected chi connectivity index (χ2v) is 18.6. The summed E-state index contributed by atoms with van der Waals surface area (Å²) in [5, 5.41) is 17.2. The summed E-state index contributed by atoms with van der Waals surface area (Å²) in [7, 11) is -5.10. The normalized spacial score (nSPS) is 12.0. The second-order valence-electron chi connectivity index (χ2n) is 15.3. The Kier molecular flexibility index (Phi) is 13.1. The second kappa shape index (κ2) is 19.2. The highest BCUT2D eigenvalue weighted by atomic mass is 32.2. The number of anilines is 2. The zero-order chi connectivity index (χ0) is 48.3. The van der Waals surface area contributed by atoms with E-state index in [-0.39, 0.29) is 68.8 Å². The molecule has 24 heteroatoms. The van der Waals surface area contributed by atoms with Crippen molar-refractivity contribution in [2.75, 3.05) is 22.7 Å². The third-order valence-corrected chi connectivity index (χ3v) is 13.1. The minimum absolute atomic E-state index is 0.00918. The van der Waals surface area contributed by atoms with Crippen molar-refractivity contribution >= 4 is 65.1 Å². The average Bonchev–Trinajstić information content (AvgIpc) is 3.81. The number of pyridine rings is 2. The fourth-order valence-electron chi connectivity index (χ4n) is 7.36. The van der Waals surface area contributed by atoms with Gasteiger partial charge in [-0.15, -0.1) is 10.2 Å². The van der Waals surface area contributed by atoms with Gasteiger partial charge in [0.15, 0.2) is 11.0 Å². The molecule has 8 aromatic rings. The first kappa shape index (κ1) is 46.7. The number of benzene rings is 2. The molecule has 352 valence electrons. The van der Waals surface area contributed by atoms with Crippen LogP contribution in [-0.2, 0) is 47.0 Å². The molecule has 0 aliphatic carbocycles. The molecular formula is C44H46N14O8S2. The van der Waals surface area contributed by atoms with E-state index >= 15 is 0 Å². The van der Waals surface area contributed by atoms with Crippen LogP contribution in [0.2, 0.25) is 0 Å². The molecule has 0 saturated carbocycles. The number of rotatable bonds is 18. The highest BCUT2D eigenvalue weighted by Gasteiger charge is 2.24. The lowest BCUT2D eigenvalue weighted by Crippen LogP contribution is -2.15. The third kappa shape index (κ3) is 9.53. The molecule has 0 bridgehead atoms. The van der Waals surface area contributed by atoms with E-state index in [0.29, 0.717) is 57.8 Å². The third-order valence-electron chi connectivity index (χ3n) is 10.4. The quantitative estimate of drug-likeness (QED) is 0.0671. The predicted octanol–water partition coefficient (Wildman–Crippen LogP) is 6.47. The maximum atomic E-state index is 13.6. The van der Waals surface area contributed by atoms with Gasteiger partial charge in [0.1, 0.15) is 57.2 Å². The van der Waals surface area contributed by atoms with Gasteiger partial charge >= 0.3 is 0 Å². The number of aromatic nitrogens is 10. The van der Waals surface area contributed by atoms with Crippen molar-refractivity contribution in [3.05, 3.63) is 105 Å². The summed E-state index contributed by atoms with van der Waals surface area (Å²) in [6.07, 6.45) is 5.37. The van der Waals surface area contributed by atoms with Crippen molar-refractivity contribution in [1.29, 1.82) is 0 Å². The van der Waals surface area contributed by atoms with Crippen LogP contribution >= 0.6 is 0 Å². The molecular weight excluding hydrogens is 917 g/mol. The monoisotopic (exact) mass is 962 g/mol. The van der Waals surface area contributed by atoms with Crippen molar-refractivity contribution in [3.8, 4) is 34.3 Å². The predicted molar refractivity (Wildman–Crippen MR) is 254 cm³/mol. The highest BCUT2D eigenvalue weighted by molar-refractivity contribution is 7.93. The Morgan fingerprint density at radius 3 is 1.37 bits per heavy atom. The van der Waals surface area contributed by atoms with Gasteiger partial charge in [-0.1, -0.05) is 26.7 Å². The van der Waals surface area contributed by atoms with Crippen molar-refractivity contribution in [3.63, 3.8) is 0 Å². The molecule has 68 heavy (non-hydrogen) atoms. The topological polar surface area (TPSA) is 288 Å². The van der Waals surface area contributed by atoms with Gasteiger partial charge in [-0.05, 0) is 87.4 Å².